The van der Waals surface area contributed by atoms with Crippen molar-refractivity contribution in [1.29, 1.82) is 0 Å². The molecular formula is C13H16N4S. The van der Waals surface area contributed by atoms with Crippen LogP contribution in [0.3, 0.4) is 0 Å². The van der Waals surface area contributed by atoms with Crippen LogP contribution in [0.5, 0.6) is 0 Å². The minimum absolute atomic E-state index is 0.489. The van der Waals surface area contributed by atoms with Crippen molar-refractivity contribution in [1.82, 2.24) is 9.97 Å². The van der Waals surface area contributed by atoms with Gasteiger partial charge in [0, 0.05) is 18.8 Å². The third kappa shape index (κ3) is 2.73. The van der Waals surface area contributed by atoms with E-state index in [9.17, 15) is 0 Å². The zero-order valence-electron chi connectivity index (χ0n) is 10.7. The number of nitrogen functional groups attached to an aromatic ring is 1. The van der Waals surface area contributed by atoms with Crippen molar-refractivity contribution in [2.45, 2.75) is 12.1 Å². The van der Waals surface area contributed by atoms with E-state index in [4.69, 9.17) is 5.73 Å². The second kappa shape index (κ2) is 5.27. The molecule has 0 radical (unpaired) electrons. The molecule has 0 saturated heterocycles. The van der Waals surface area contributed by atoms with Crippen molar-refractivity contribution < 1.29 is 0 Å². The number of thioether (sulfide) groups is 1. The first-order chi connectivity index (χ1) is 8.60. The smallest absolute Gasteiger partial charge is 0.191 e. The third-order valence-corrected chi connectivity index (χ3v) is 3.21. The third-order valence-electron chi connectivity index (χ3n) is 2.66. The summed E-state index contributed by atoms with van der Waals surface area (Å²) in [5.74, 6) is 1.29. The van der Waals surface area contributed by atoms with Gasteiger partial charge >= 0.3 is 0 Å². The molecule has 0 saturated carbocycles. The molecule has 0 amide bonds. The predicted molar refractivity (Wildman–Crippen MR) is 77.5 cm³/mol. The van der Waals surface area contributed by atoms with Crippen LogP contribution in [0.2, 0.25) is 0 Å². The van der Waals surface area contributed by atoms with E-state index in [1.807, 2.05) is 18.2 Å². The lowest BCUT2D eigenvalue weighted by Gasteiger charge is -2.19. The van der Waals surface area contributed by atoms with Gasteiger partial charge in [-0.2, -0.15) is 0 Å². The standard InChI is InChI=1S/C13H16N4S/c1-9-4-6-10(7-5-9)17(2)12-8-11(14)15-13(16-12)18-3/h4-8H,1-3H3,(H2,14,15,16). The minimum Gasteiger partial charge on any atom is -0.383 e. The molecule has 2 aromatic rings. The molecule has 1 heterocycles. The number of benzene rings is 1. The number of aromatic nitrogens is 2. The zero-order chi connectivity index (χ0) is 13.1. The molecule has 18 heavy (non-hydrogen) atoms. The van der Waals surface area contributed by atoms with Crippen LogP contribution >= 0.6 is 11.8 Å². The molecule has 0 aliphatic rings. The number of rotatable bonds is 3. The summed E-state index contributed by atoms with van der Waals surface area (Å²) in [5.41, 5.74) is 8.09. The molecule has 2 N–H and O–H groups in total. The molecule has 4 nitrogen and oxygen atoms in total. The van der Waals surface area contributed by atoms with E-state index >= 15 is 0 Å². The summed E-state index contributed by atoms with van der Waals surface area (Å²) >= 11 is 1.48. The number of hydrogen-bond acceptors (Lipinski definition) is 5. The lowest BCUT2D eigenvalue weighted by Crippen LogP contribution is -2.12. The lowest BCUT2D eigenvalue weighted by atomic mass is 10.2. The van der Waals surface area contributed by atoms with Crippen molar-refractivity contribution >= 4 is 29.1 Å². The van der Waals surface area contributed by atoms with Crippen LogP contribution in [0.15, 0.2) is 35.5 Å². The van der Waals surface area contributed by atoms with Crippen LogP contribution in [0, 0.1) is 6.92 Å². The Morgan fingerprint density at radius 1 is 1.17 bits per heavy atom. The van der Waals surface area contributed by atoms with E-state index in [2.05, 4.69) is 41.2 Å². The number of anilines is 3. The highest BCUT2D eigenvalue weighted by Gasteiger charge is 2.08. The maximum absolute atomic E-state index is 5.78. The highest BCUT2D eigenvalue weighted by molar-refractivity contribution is 7.98. The Balaban J connectivity index is 2.35. The van der Waals surface area contributed by atoms with Gasteiger partial charge in [-0.05, 0) is 25.3 Å². The normalized spacial score (nSPS) is 10.4. The average Bonchev–Trinajstić information content (AvgIpc) is 2.38. The first-order valence-corrected chi connectivity index (χ1v) is 6.81. The van der Waals surface area contributed by atoms with Crippen molar-refractivity contribution in [3.63, 3.8) is 0 Å². The first kappa shape index (κ1) is 12.7. The molecule has 0 spiro atoms. The van der Waals surface area contributed by atoms with Gasteiger partial charge in [-0.15, -0.1) is 0 Å². The maximum Gasteiger partial charge on any atom is 0.191 e. The number of nitrogens with zero attached hydrogens (tertiary/aromatic N) is 3. The monoisotopic (exact) mass is 260 g/mol. The average molecular weight is 260 g/mol. The molecule has 5 heteroatoms. The fraction of sp³-hybridized carbons (Fsp3) is 0.231. The summed E-state index contributed by atoms with van der Waals surface area (Å²) in [5, 5.41) is 0.684. The van der Waals surface area contributed by atoms with Crippen LogP contribution in [0.4, 0.5) is 17.3 Å². The highest BCUT2D eigenvalue weighted by Crippen LogP contribution is 2.24. The molecule has 0 unspecified atom stereocenters. The Labute approximate surface area is 111 Å². The van der Waals surface area contributed by atoms with Gasteiger partial charge in [0.25, 0.3) is 0 Å². The van der Waals surface area contributed by atoms with Crippen LogP contribution in [-0.2, 0) is 0 Å². The van der Waals surface area contributed by atoms with Gasteiger partial charge in [0.15, 0.2) is 5.16 Å². The molecule has 0 atom stereocenters. The summed E-state index contributed by atoms with van der Waals surface area (Å²) < 4.78 is 0. The molecule has 0 fully saturated rings. The Bertz CT molecular complexity index is 539. The first-order valence-electron chi connectivity index (χ1n) is 5.59. The molecule has 1 aromatic carbocycles. The minimum atomic E-state index is 0.489. The predicted octanol–water partition coefficient (Wildman–Crippen LogP) is 2.86. The molecule has 94 valence electrons. The summed E-state index contributed by atoms with van der Waals surface area (Å²) in [6.45, 7) is 2.07. The topological polar surface area (TPSA) is 55.0 Å². The van der Waals surface area contributed by atoms with Gasteiger partial charge in [-0.25, -0.2) is 9.97 Å². The van der Waals surface area contributed by atoms with Crippen molar-refractivity contribution in [2.75, 3.05) is 23.9 Å². The van der Waals surface area contributed by atoms with Crippen LogP contribution in [-0.4, -0.2) is 23.3 Å². The van der Waals surface area contributed by atoms with Gasteiger partial charge in [-0.1, -0.05) is 29.5 Å². The van der Waals surface area contributed by atoms with Crippen molar-refractivity contribution in [2.24, 2.45) is 0 Å². The van der Waals surface area contributed by atoms with Gasteiger partial charge in [-0.3, -0.25) is 0 Å². The van der Waals surface area contributed by atoms with Crippen LogP contribution < -0.4 is 10.6 Å². The molecule has 1 aromatic heterocycles. The van der Waals surface area contributed by atoms with Gasteiger partial charge in [0.05, 0.1) is 0 Å². The van der Waals surface area contributed by atoms with E-state index in [1.165, 1.54) is 17.3 Å². The van der Waals surface area contributed by atoms with E-state index in [-0.39, 0.29) is 0 Å². The second-order valence-corrected chi connectivity index (χ2v) is 4.81. The SMILES string of the molecule is CSc1nc(N)cc(N(C)c2ccc(C)cc2)n1. The van der Waals surface area contributed by atoms with Gasteiger partial charge in [0.1, 0.15) is 11.6 Å². The zero-order valence-corrected chi connectivity index (χ0v) is 11.5. The summed E-state index contributed by atoms with van der Waals surface area (Å²) in [6.07, 6.45) is 1.93. The Hall–Kier alpha value is -1.75. The molecule has 2 rings (SSSR count). The quantitative estimate of drug-likeness (QED) is 0.679. The Morgan fingerprint density at radius 3 is 2.44 bits per heavy atom. The highest BCUT2D eigenvalue weighted by atomic mass is 32.2. The second-order valence-electron chi connectivity index (χ2n) is 4.03. The summed E-state index contributed by atoms with van der Waals surface area (Å²) in [7, 11) is 1.97. The Kier molecular flexibility index (Phi) is 3.72. The fourth-order valence-electron chi connectivity index (χ4n) is 1.59. The Morgan fingerprint density at radius 2 is 1.83 bits per heavy atom. The molecule has 0 aliphatic heterocycles. The van der Waals surface area contributed by atoms with Gasteiger partial charge in [0.2, 0.25) is 0 Å². The largest absolute Gasteiger partial charge is 0.383 e. The fourth-order valence-corrected chi connectivity index (χ4v) is 1.98. The molecule has 0 bridgehead atoms. The van der Waals surface area contributed by atoms with E-state index in [0.29, 0.717) is 11.0 Å². The van der Waals surface area contributed by atoms with Crippen molar-refractivity contribution in [3.8, 4) is 0 Å². The lowest BCUT2D eigenvalue weighted by molar-refractivity contribution is 0.953. The summed E-state index contributed by atoms with van der Waals surface area (Å²) in [6, 6.07) is 10.1. The van der Waals surface area contributed by atoms with Crippen molar-refractivity contribution in [3.05, 3.63) is 35.9 Å². The van der Waals surface area contributed by atoms with Crippen LogP contribution in [0.1, 0.15) is 5.56 Å². The number of hydrogen-bond donors (Lipinski definition) is 1. The van der Waals surface area contributed by atoms with E-state index in [0.717, 1.165) is 11.5 Å². The maximum atomic E-state index is 5.78. The van der Waals surface area contributed by atoms with E-state index in [1.54, 1.807) is 6.07 Å². The van der Waals surface area contributed by atoms with E-state index < -0.39 is 0 Å². The van der Waals surface area contributed by atoms with Crippen LogP contribution in [0.25, 0.3) is 0 Å². The van der Waals surface area contributed by atoms with Gasteiger partial charge < -0.3 is 10.6 Å². The number of nitrogens with two attached hydrogens (primary N) is 1. The molecular weight excluding hydrogens is 244 g/mol. The molecule has 0 aliphatic carbocycles. The summed E-state index contributed by atoms with van der Waals surface area (Å²) in [4.78, 5) is 10.6. The number of aryl methyl sites for hydroxylation is 1.